The summed E-state index contributed by atoms with van der Waals surface area (Å²) >= 11 is 0. The number of hydrogen-bond donors (Lipinski definition) is 0. The van der Waals surface area contributed by atoms with E-state index in [1.165, 1.54) is 12.2 Å². The molecule has 19 heavy (non-hydrogen) atoms. The quantitative estimate of drug-likeness (QED) is 0.133. The van der Waals surface area contributed by atoms with Crippen LogP contribution in [-0.4, -0.2) is 31.1 Å². The molecule has 0 aromatic carbocycles. The third-order valence-corrected chi connectivity index (χ3v) is 1.82. The number of carbonyl (C=O) groups is 3. The van der Waals surface area contributed by atoms with Gasteiger partial charge >= 0.3 is 17.9 Å². The van der Waals surface area contributed by atoms with Crippen molar-refractivity contribution in [2.75, 3.05) is 13.2 Å². The Balaban J connectivity index is 4.77. The lowest BCUT2D eigenvalue weighted by atomic mass is 10.2. The van der Waals surface area contributed by atoms with Gasteiger partial charge in [-0.1, -0.05) is 6.92 Å². The first-order valence-electron chi connectivity index (χ1n) is 5.97. The van der Waals surface area contributed by atoms with Gasteiger partial charge in [-0.15, -0.1) is 0 Å². The molecule has 0 radical (unpaired) electrons. The first kappa shape index (κ1) is 16.9. The van der Waals surface area contributed by atoms with E-state index in [1.807, 2.05) is 0 Å². The molecule has 0 spiro atoms. The first-order valence-corrected chi connectivity index (χ1v) is 5.97. The van der Waals surface area contributed by atoms with E-state index in [2.05, 4.69) is 4.74 Å². The van der Waals surface area contributed by atoms with Crippen molar-refractivity contribution < 1.29 is 28.6 Å². The monoisotopic (exact) mass is 270 g/mol. The molecule has 0 unspecified atom stereocenters. The highest BCUT2D eigenvalue weighted by molar-refractivity contribution is 6.14. The van der Waals surface area contributed by atoms with Crippen LogP contribution in [0.25, 0.3) is 0 Å². The van der Waals surface area contributed by atoms with Crippen LogP contribution in [0.3, 0.4) is 0 Å². The van der Waals surface area contributed by atoms with E-state index in [9.17, 15) is 14.4 Å². The van der Waals surface area contributed by atoms with E-state index < -0.39 is 17.9 Å². The summed E-state index contributed by atoms with van der Waals surface area (Å²) in [7, 11) is 0. The van der Waals surface area contributed by atoms with Gasteiger partial charge in [0.1, 0.15) is 5.57 Å². The van der Waals surface area contributed by atoms with Gasteiger partial charge < -0.3 is 14.2 Å². The molecule has 0 aliphatic heterocycles. The van der Waals surface area contributed by atoms with Crippen molar-refractivity contribution in [2.45, 2.75) is 27.2 Å². The minimum atomic E-state index is -0.785. The van der Waals surface area contributed by atoms with Crippen molar-refractivity contribution in [3.8, 4) is 0 Å². The fourth-order valence-corrected chi connectivity index (χ4v) is 0.971. The maximum absolute atomic E-state index is 11.5. The fourth-order valence-electron chi connectivity index (χ4n) is 0.971. The zero-order valence-corrected chi connectivity index (χ0v) is 11.3. The van der Waals surface area contributed by atoms with Crippen LogP contribution < -0.4 is 0 Å². The van der Waals surface area contributed by atoms with E-state index in [-0.39, 0.29) is 25.2 Å². The fraction of sp³-hybridized carbons (Fsp3) is 0.462. The zero-order valence-electron chi connectivity index (χ0n) is 11.3. The van der Waals surface area contributed by atoms with Crippen LogP contribution >= 0.6 is 0 Å². The topological polar surface area (TPSA) is 78.9 Å². The molecule has 0 fully saturated rings. The predicted molar refractivity (Wildman–Crippen MR) is 66.9 cm³/mol. The summed E-state index contributed by atoms with van der Waals surface area (Å²) in [6.07, 6.45) is 3.76. The number of ether oxygens (including phenoxy) is 3. The van der Waals surface area contributed by atoms with Crippen molar-refractivity contribution in [1.29, 1.82) is 0 Å². The molecule has 0 rings (SSSR count). The second-order valence-electron chi connectivity index (χ2n) is 3.19. The minimum Gasteiger partial charge on any atom is -0.462 e. The van der Waals surface area contributed by atoms with Gasteiger partial charge in [0, 0.05) is 6.42 Å². The van der Waals surface area contributed by atoms with E-state index in [4.69, 9.17) is 9.47 Å². The lowest BCUT2D eigenvalue weighted by Gasteiger charge is -2.05. The molecule has 106 valence electrons. The highest BCUT2D eigenvalue weighted by Crippen LogP contribution is 2.03. The molecule has 0 atom stereocenters. The van der Waals surface area contributed by atoms with Crippen molar-refractivity contribution in [2.24, 2.45) is 0 Å². The maximum Gasteiger partial charge on any atom is 0.345 e. The van der Waals surface area contributed by atoms with Crippen LogP contribution in [0, 0.1) is 0 Å². The summed E-state index contributed by atoms with van der Waals surface area (Å²) in [6.45, 7) is 5.18. The van der Waals surface area contributed by atoms with Gasteiger partial charge in [-0.2, -0.15) is 0 Å². The van der Waals surface area contributed by atoms with E-state index in [0.717, 1.165) is 6.26 Å². The number of allylic oxidation sites excluding steroid dienone is 2. The first-order chi connectivity index (χ1) is 9.06. The molecular formula is C13H18O6. The molecule has 0 heterocycles. The van der Waals surface area contributed by atoms with Crippen LogP contribution in [0.2, 0.25) is 0 Å². The molecule has 0 N–H and O–H groups in total. The highest BCUT2D eigenvalue weighted by Gasteiger charge is 2.19. The van der Waals surface area contributed by atoms with Gasteiger partial charge in [-0.05, 0) is 26.0 Å². The molecule has 6 nitrogen and oxygen atoms in total. The van der Waals surface area contributed by atoms with Crippen LogP contribution in [-0.2, 0) is 28.6 Å². The normalized spacial score (nSPS) is 9.84. The van der Waals surface area contributed by atoms with Crippen molar-refractivity contribution in [3.63, 3.8) is 0 Å². The Labute approximate surface area is 112 Å². The van der Waals surface area contributed by atoms with Crippen molar-refractivity contribution in [1.82, 2.24) is 0 Å². The van der Waals surface area contributed by atoms with Gasteiger partial charge in [0.15, 0.2) is 0 Å². The third-order valence-electron chi connectivity index (χ3n) is 1.82. The summed E-state index contributed by atoms with van der Waals surface area (Å²) in [5.74, 6) is -1.99. The van der Waals surface area contributed by atoms with Crippen LogP contribution in [0.1, 0.15) is 27.2 Å². The number of hydrogen-bond acceptors (Lipinski definition) is 6. The van der Waals surface area contributed by atoms with Gasteiger partial charge in [-0.3, -0.25) is 4.79 Å². The van der Waals surface area contributed by atoms with E-state index >= 15 is 0 Å². The van der Waals surface area contributed by atoms with Gasteiger partial charge in [-0.25, -0.2) is 9.59 Å². The minimum absolute atomic E-state index is 0.143. The summed E-state index contributed by atoms with van der Waals surface area (Å²) in [4.78, 5) is 33.9. The average molecular weight is 270 g/mol. The SMILES string of the molecule is CCOC(=O)C(=C/C=C/OC(=O)CC)C(=O)OCC. The van der Waals surface area contributed by atoms with Crippen molar-refractivity contribution >= 4 is 17.9 Å². The second kappa shape index (κ2) is 9.87. The molecule has 0 saturated carbocycles. The summed E-state index contributed by atoms with van der Waals surface area (Å²) in [6, 6.07) is 0. The smallest absolute Gasteiger partial charge is 0.345 e. The standard InChI is InChI=1S/C13H18O6/c1-4-11(14)19-9-7-8-10(12(15)17-5-2)13(16)18-6-3/h7-9H,4-6H2,1-3H3/b9-7+. The molecule has 0 aliphatic carbocycles. The van der Waals surface area contributed by atoms with Gasteiger partial charge in [0.05, 0.1) is 19.5 Å². The number of carbonyl (C=O) groups excluding carboxylic acids is 3. The van der Waals surface area contributed by atoms with Crippen LogP contribution in [0.4, 0.5) is 0 Å². The third kappa shape index (κ3) is 7.03. The van der Waals surface area contributed by atoms with Gasteiger partial charge in [0.25, 0.3) is 0 Å². The lowest BCUT2D eigenvalue weighted by Crippen LogP contribution is -2.18. The molecular weight excluding hydrogens is 252 g/mol. The van der Waals surface area contributed by atoms with Crippen LogP contribution in [0.5, 0.6) is 0 Å². The summed E-state index contributed by atoms with van der Waals surface area (Å²) in [5, 5.41) is 0. The molecule has 0 bridgehead atoms. The predicted octanol–water partition coefficient (Wildman–Crippen LogP) is 1.51. The largest absolute Gasteiger partial charge is 0.462 e. The summed E-state index contributed by atoms with van der Waals surface area (Å²) in [5.41, 5.74) is -0.257. The number of rotatable bonds is 7. The van der Waals surface area contributed by atoms with Crippen LogP contribution in [0.15, 0.2) is 24.0 Å². The molecule has 0 saturated heterocycles. The highest BCUT2D eigenvalue weighted by atomic mass is 16.6. The van der Waals surface area contributed by atoms with Gasteiger partial charge in [0.2, 0.25) is 0 Å². The Bertz CT molecular complexity index is 361. The second-order valence-corrected chi connectivity index (χ2v) is 3.19. The molecule has 0 aromatic heterocycles. The van der Waals surface area contributed by atoms with E-state index in [0.29, 0.717) is 0 Å². The Morgan fingerprint density at radius 3 is 1.89 bits per heavy atom. The Kier molecular flexibility index (Phi) is 8.78. The molecule has 0 aromatic rings. The van der Waals surface area contributed by atoms with Crippen molar-refractivity contribution in [3.05, 3.63) is 24.0 Å². The zero-order chi connectivity index (χ0) is 14.7. The molecule has 6 heteroatoms. The maximum atomic E-state index is 11.5. The van der Waals surface area contributed by atoms with E-state index in [1.54, 1.807) is 20.8 Å². The summed E-state index contributed by atoms with van der Waals surface area (Å²) < 4.78 is 14.1. The Morgan fingerprint density at radius 2 is 1.47 bits per heavy atom. The average Bonchev–Trinajstić information content (AvgIpc) is 2.38. The lowest BCUT2D eigenvalue weighted by molar-refractivity contribution is -0.146. The molecule has 0 amide bonds. The Morgan fingerprint density at radius 1 is 0.947 bits per heavy atom. The Hall–Kier alpha value is -2.11. The molecule has 0 aliphatic rings. The number of esters is 3.